The standard InChI is InChI=1S/C28H23N3/c1-2-6-20(7-3-1)23-18-22-10-13-26-25(14-15-29-28(26)27(22)30-19-23)21-8-11-24(12-9-21)31-16-4-5-17-31/h1-3,6-15,18-19H,4-5,16-17H2. The van der Waals surface area contributed by atoms with Crippen molar-refractivity contribution in [1.29, 1.82) is 0 Å². The zero-order valence-corrected chi connectivity index (χ0v) is 17.3. The molecule has 5 aromatic rings. The molecule has 3 heterocycles. The first-order valence-electron chi connectivity index (χ1n) is 11.0. The number of rotatable bonds is 3. The third kappa shape index (κ3) is 3.23. The molecule has 6 rings (SSSR count). The van der Waals surface area contributed by atoms with Crippen LogP contribution in [0.15, 0.2) is 91.3 Å². The Morgan fingerprint density at radius 3 is 2.26 bits per heavy atom. The summed E-state index contributed by atoms with van der Waals surface area (Å²) >= 11 is 0. The molecule has 1 fully saturated rings. The fraction of sp³-hybridized carbons (Fsp3) is 0.143. The van der Waals surface area contributed by atoms with Gasteiger partial charge < -0.3 is 4.90 Å². The second-order valence-corrected chi connectivity index (χ2v) is 8.22. The van der Waals surface area contributed by atoms with E-state index in [1.807, 2.05) is 18.5 Å². The Labute approximate surface area is 182 Å². The van der Waals surface area contributed by atoms with Crippen molar-refractivity contribution in [3.63, 3.8) is 0 Å². The van der Waals surface area contributed by atoms with Crippen molar-refractivity contribution in [3.05, 3.63) is 91.3 Å². The van der Waals surface area contributed by atoms with Gasteiger partial charge in [-0.2, -0.15) is 0 Å². The largest absolute Gasteiger partial charge is 0.372 e. The van der Waals surface area contributed by atoms with Gasteiger partial charge in [0.25, 0.3) is 0 Å². The van der Waals surface area contributed by atoms with Crippen LogP contribution in [0.25, 0.3) is 44.1 Å². The van der Waals surface area contributed by atoms with E-state index in [2.05, 4.69) is 77.7 Å². The third-order valence-electron chi connectivity index (χ3n) is 6.32. The second-order valence-electron chi connectivity index (χ2n) is 8.22. The molecular formula is C28H23N3. The fourth-order valence-electron chi connectivity index (χ4n) is 4.68. The van der Waals surface area contributed by atoms with Gasteiger partial charge in [-0.05, 0) is 53.8 Å². The maximum absolute atomic E-state index is 4.82. The van der Waals surface area contributed by atoms with Gasteiger partial charge in [-0.25, -0.2) is 0 Å². The normalized spacial score (nSPS) is 13.9. The summed E-state index contributed by atoms with van der Waals surface area (Å²) in [6.07, 6.45) is 6.44. The van der Waals surface area contributed by atoms with Crippen LogP contribution >= 0.6 is 0 Å². The first-order valence-corrected chi connectivity index (χ1v) is 11.0. The number of anilines is 1. The molecule has 3 aromatic carbocycles. The zero-order chi connectivity index (χ0) is 20.6. The average Bonchev–Trinajstić information content (AvgIpc) is 3.39. The quantitative estimate of drug-likeness (QED) is 0.314. The molecule has 0 spiro atoms. The molecular weight excluding hydrogens is 378 g/mol. The molecule has 3 nitrogen and oxygen atoms in total. The summed E-state index contributed by atoms with van der Waals surface area (Å²) < 4.78 is 0. The molecule has 0 aliphatic carbocycles. The summed E-state index contributed by atoms with van der Waals surface area (Å²) in [5.41, 5.74) is 7.95. The van der Waals surface area contributed by atoms with Crippen LogP contribution in [0.2, 0.25) is 0 Å². The van der Waals surface area contributed by atoms with E-state index in [0.717, 1.165) is 27.4 Å². The predicted octanol–water partition coefficient (Wildman–Crippen LogP) is 6.72. The van der Waals surface area contributed by atoms with E-state index >= 15 is 0 Å². The fourth-order valence-corrected chi connectivity index (χ4v) is 4.68. The number of nitrogens with zero attached hydrogens (tertiary/aromatic N) is 3. The van der Waals surface area contributed by atoms with Crippen LogP contribution in [-0.2, 0) is 0 Å². The van der Waals surface area contributed by atoms with Crippen LogP contribution in [-0.4, -0.2) is 23.1 Å². The van der Waals surface area contributed by atoms with Crippen LogP contribution < -0.4 is 4.90 Å². The minimum absolute atomic E-state index is 0.952. The lowest BCUT2D eigenvalue weighted by Gasteiger charge is -2.18. The summed E-state index contributed by atoms with van der Waals surface area (Å²) in [7, 11) is 0. The summed E-state index contributed by atoms with van der Waals surface area (Å²) in [5.74, 6) is 0. The number of pyridine rings is 2. The zero-order valence-electron chi connectivity index (χ0n) is 17.3. The highest BCUT2D eigenvalue weighted by molar-refractivity contribution is 6.08. The van der Waals surface area contributed by atoms with E-state index < -0.39 is 0 Å². The Balaban J connectivity index is 1.44. The highest BCUT2D eigenvalue weighted by Gasteiger charge is 2.13. The number of aromatic nitrogens is 2. The van der Waals surface area contributed by atoms with Crippen LogP contribution in [0.3, 0.4) is 0 Å². The van der Waals surface area contributed by atoms with Crippen LogP contribution in [0, 0.1) is 0 Å². The molecule has 0 saturated carbocycles. The summed E-state index contributed by atoms with van der Waals surface area (Å²) in [4.78, 5) is 12.0. The van der Waals surface area contributed by atoms with Gasteiger partial charge in [-0.1, -0.05) is 54.6 Å². The molecule has 0 bridgehead atoms. The highest BCUT2D eigenvalue weighted by Crippen LogP contribution is 2.33. The van der Waals surface area contributed by atoms with E-state index in [4.69, 9.17) is 9.97 Å². The average molecular weight is 402 g/mol. The van der Waals surface area contributed by atoms with Gasteiger partial charge in [0.05, 0.1) is 11.0 Å². The van der Waals surface area contributed by atoms with Gasteiger partial charge in [0.15, 0.2) is 0 Å². The highest BCUT2D eigenvalue weighted by atomic mass is 15.1. The maximum Gasteiger partial charge on any atom is 0.0970 e. The molecule has 2 aromatic heterocycles. The molecule has 0 atom stereocenters. The van der Waals surface area contributed by atoms with Crippen molar-refractivity contribution in [2.24, 2.45) is 0 Å². The van der Waals surface area contributed by atoms with E-state index in [1.165, 1.54) is 48.3 Å². The van der Waals surface area contributed by atoms with E-state index in [0.29, 0.717) is 0 Å². The van der Waals surface area contributed by atoms with Crippen LogP contribution in [0.1, 0.15) is 12.8 Å². The Bertz CT molecular complexity index is 1370. The Hall–Kier alpha value is -3.72. The summed E-state index contributed by atoms with van der Waals surface area (Å²) in [6, 6.07) is 28.0. The van der Waals surface area contributed by atoms with E-state index in [1.54, 1.807) is 0 Å². The van der Waals surface area contributed by atoms with Crippen LogP contribution in [0.4, 0.5) is 5.69 Å². The smallest absolute Gasteiger partial charge is 0.0970 e. The van der Waals surface area contributed by atoms with E-state index in [-0.39, 0.29) is 0 Å². The second kappa shape index (κ2) is 7.51. The minimum atomic E-state index is 0.952. The molecule has 0 unspecified atom stereocenters. The molecule has 1 aliphatic rings. The molecule has 3 heteroatoms. The molecule has 31 heavy (non-hydrogen) atoms. The van der Waals surface area contributed by atoms with Crippen molar-refractivity contribution in [2.45, 2.75) is 12.8 Å². The summed E-state index contributed by atoms with van der Waals surface area (Å²) in [6.45, 7) is 2.33. The van der Waals surface area contributed by atoms with Gasteiger partial charge in [-0.3, -0.25) is 9.97 Å². The molecule has 1 saturated heterocycles. The Kier molecular flexibility index (Phi) is 4.38. The topological polar surface area (TPSA) is 29.0 Å². The molecule has 0 amide bonds. The predicted molar refractivity (Wildman–Crippen MR) is 129 cm³/mol. The lowest BCUT2D eigenvalue weighted by molar-refractivity contribution is 0.949. The van der Waals surface area contributed by atoms with Crippen LogP contribution in [0.5, 0.6) is 0 Å². The molecule has 0 N–H and O–H groups in total. The first-order chi connectivity index (χ1) is 15.4. The van der Waals surface area contributed by atoms with E-state index in [9.17, 15) is 0 Å². The van der Waals surface area contributed by atoms with Crippen molar-refractivity contribution < 1.29 is 0 Å². The molecule has 150 valence electrons. The lowest BCUT2D eigenvalue weighted by atomic mass is 9.98. The number of hydrogen-bond donors (Lipinski definition) is 0. The third-order valence-corrected chi connectivity index (χ3v) is 6.32. The van der Waals surface area contributed by atoms with Crippen molar-refractivity contribution in [2.75, 3.05) is 18.0 Å². The van der Waals surface area contributed by atoms with Gasteiger partial charge in [0, 0.05) is 47.5 Å². The number of fused-ring (bicyclic) bond motifs is 3. The van der Waals surface area contributed by atoms with Crippen molar-refractivity contribution in [3.8, 4) is 22.3 Å². The molecule has 0 radical (unpaired) electrons. The number of benzene rings is 3. The van der Waals surface area contributed by atoms with Gasteiger partial charge in [0.1, 0.15) is 0 Å². The van der Waals surface area contributed by atoms with Crippen molar-refractivity contribution >= 4 is 27.5 Å². The van der Waals surface area contributed by atoms with Gasteiger partial charge >= 0.3 is 0 Å². The molecule has 1 aliphatic heterocycles. The Morgan fingerprint density at radius 2 is 1.45 bits per heavy atom. The monoisotopic (exact) mass is 401 g/mol. The van der Waals surface area contributed by atoms with Gasteiger partial charge in [-0.15, -0.1) is 0 Å². The SMILES string of the molecule is c1ccc(-c2cnc3c(ccc4c(-c5ccc(N6CCCC6)cc5)ccnc43)c2)cc1. The number of hydrogen-bond acceptors (Lipinski definition) is 3. The summed E-state index contributed by atoms with van der Waals surface area (Å²) in [5, 5.41) is 2.26. The van der Waals surface area contributed by atoms with Crippen molar-refractivity contribution in [1.82, 2.24) is 9.97 Å². The maximum atomic E-state index is 4.82. The minimum Gasteiger partial charge on any atom is -0.372 e. The lowest BCUT2D eigenvalue weighted by Crippen LogP contribution is -2.17. The van der Waals surface area contributed by atoms with Gasteiger partial charge in [0.2, 0.25) is 0 Å². The Morgan fingerprint density at radius 1 is 0.645 bits per heavy atom. The first kappa shape index (κ1) is 18.1.